The van der Waals surface area contributed by atoms with Crippen LogP contribution in [0, 0.1) is 11.3 Å². The van der Waals surface area contributed by atoms with Crippen molar-refractivity contribution in [3.63, 3.8) is 0 Å². The minimum Gasteiger partial charge on any atom is -0.462 e. The predicted octanol–water partition coefficient (Wildman–Crippen LogP) is 4.72. The van der Waals surface area contributed by atoms with Crippen LogP contribution in [-0.2, 0) is 9.53 Å². The standard InChI is InChI=1S/C19H14Cl2N2O3/c1-2-26-19(25)12-4-7-16(8-5-12)23-18(24)14(11-22)9-13-3-6-15(20)10-17(13)21/h3-10H,2H2,1H3,(H,23,24)/b14-9+. The largest absolute Gasteiger partial charge is 0.462 e. The third-order valence-electron chi connectivity index (χ3n) is 3.28. The summed E-state index contributed by atoms with van der Waals surface area (Å²) in [6, 6.07) is 12.7. The third-order valence-corrected chi connectivity index (χ3v) is 3.84. The molecule has 0 saturated carbocycles. The zero-order valence-corrected chi connectivity index (χ0v) is 15.3. The van der Waals surface area contributed by atoms with E-state index in [1.54, 1.807) is 31.2 Å². The van der Waals surface area contributed by atoms with Crippen molar-refractivity contribution in [1.29, 1.82) is 5.26 Å². The van der Waals surface area contributed by atoms with Gasteiger partial charge in [0.25, 0.3) is 5.91 Å². The topological polar surface area (TPSA) is 79.2 Å². The maximum Gasteiger partial charge on any atom is 0.338 e. The average molecular weight is 389 g/mol. The summed E-state index contributed by atoms with van der Waals surface area (Å²) in [4.78, 5) is 23.9. The Balaban J connectivity index is 2.15. The molecule has 0 radical (unpaired) electrons. The Kier molecular flexibility index (Phi) is 6.79. The van der Waals surface area contributed by atoms with Gasteiger partial charge in [-0.05, 0) is 55.0 Å². The van der Waals surface area contributed by atoms with E-state index in [4.69, 9.17) is 27.9 Å². The average Bonchev–Trinajstić information content (AvgIpc) is 2.62. The number of rotatable bonds is 5. The molecule has 2 aromatic carbocycles. The number of benzene rings is 2. The van der Waals surface area contributed by atoms with Gasteiger partial charge in [0.2, 0.25) is 0 Å². The smallest absolute Gasteiger partial charge is 0.338 e. The Bertz CT molecular complexity index is 900. The van der Waals surface area contributed by atoms with Crippen LogP contribution in [0.2, 0.25) is 10.0 Å². The second kappa shape index (κ2) is 9.04. The fourth-order valence-electron chi connectivity index (χ4n) is 2.03. The summed E-state index contributed by atoms with van der Waals surface area (Å²) < 4.78 is 4.89. The van der Waals surface area contributed by atoms with Crippen LogP contribution in [0.4, 0.5) is 5.69 Å². The van der Waals surface area contributed by atoms with Gasteiger partial charge in [0.1, 0.15) is 11.6 Å². The van der Waals surface area contributed by atoms with Crippen LogP contribution in [0.3, 0.4) is 0 Å². The van der Waals surface area contributed by atoms with Crippen LogP contribution in [0.15, 0.2) is 48.0 Å². The minimum absolute atomic E-state index is 0.122. The molecule has 7 heteroatoms. The van der Waals surface area contributed by atoms with Gasteiger partial charge in [-0.1, -0.05) is 29.3 Å². The number of carbonyl (C=O) groups excluding carboxylic acids is 2. The quantitative estimate of drug-likeness (QED) is 0.456. The lowest BCUT2D eigenvalue weighted by atomic mass is 10.1. The number of hydrogen-bond acceptors (Lipinski definition) is 4. The number of nitrogens with zero attached hydrogens (tertiary/aromatic N) is 1. The van der Waals surface area contributed by atoms with E-state index in [0.29, 0.717) is 26.9 Å². The van der Waals surface area contributed by atoms with Crippen LogP contribution >= 0.6 is 23.2 Å². The van der Waals surface area contributed by atoms with Crippen molar-refractivity contribution in [3.8, 4) is 6.07 Å². The second-order valence-corrected chi connectivity index (χ2v) is 5.93. The van der Waals surface area contributed by atoms with Crippen molar-refractivity contribution in [1.82, 2.24) is 0 Å². The first-order valence-electron chi connectivity index (χ1n) is 7.60. The molecule has 0 bridgehead atoms. The summed E-state index contributed by atoms with van der Waals surface area (Å²) >= 11 is 11.9. The lowest BCUT2D eigenvalue weighted by Crippen LogP contribution is -2.13. The Hall–Kier alpha value is -2.81. The normalized spacial score (nSPS) is 10.8. The van der Waals surface area contributed by atoms with Gasteiger partial charge in [-0.15, -0.1) is 0 Å². The second-order valence-electron chi connectivity index (χ2n) is 5.09. The van der Waals surface area contributed by atoms with E-state index in [-0.39, 0.29) is 12.2 Å². The molecule has 0 aliphatic rings. The molecular weight excluding hydrogens is 375 g/mol. The highest BCUT2D eigenvalue weighted by atomic mass is 35.5. The number of hydrogen-bond donors (Lipinski definition) is 1. The molecule has 0 aliphatic heterocycles. The van der Waals surface area contributed by atoms with E-state index in [1.165, 1.54) is 24.3 Å². The number of ether oxygens (including phenoxy) is 1. The van der Waals surface area contributed by atoms with E-state index in [2.05, 4.69) is 5.32 Å². The van der Waals surface area contributed by atoms with E-state index in [0.717, 1.165) is 0 Å². The number of carbonyl (C=O) groups is 2. The molecular formula is C19H14Cl2N2O3. The fourth-order valence-corrected chi connectivity index (χ4v) is 2.49. The monoisotopic (exact) mass is 388 g/mol. The Morgan fingerprint density at radius 2 is 1.88 bits per heavy atom. The molecule has 0 spiro atoms. The first-order chi connectivity index (χ1) is 12.4. The molecule has 0 heterocycles. The first-order valence-corrected chi connectivity index (χ1v) is 8.35. The molecule has 1 N–H and O–H groups in total. The van der Waals surface area contributed by atoms with Crippen molar-refractivity contribution in [3.05, 3.63) is 69.2 Å². The van der Waals surface area contributed by atoms with Crippen LogP contribution < -0.4 is 5.32 Å². The minimum atomic E-state index is -0.595. The number of esters is 1. The molecule has 0 unspecified atom stereocenters. The van der Waals surface area contributed by atoms with Crippen molar-refractivity contribution in [2.24, 2.45) is 0 Å². The molecule has 5 nitrogen and oxygen atoms in total. The summed E-state index contributed by atoms with van der Waals surface area (Å²) in [5, 5.41) is 12.6. The number of halogens is 2. The first kappa shape index (κ1) is 19.5. The van der Waals surface area contributed by atoms with Gasteiger partial charge in [0.15, 0.2) is 0 Å². The summed E-state index contributed by atoms with van der Waals surface area (Å²) in [5.41, 5.74) is 1.18. The van der Waals surface area contributed by atoms with E-state index in [1.807, 2.05) is 6.07 Å². The van der Waals surface area contributed by atoms with Crippen molar-refractivity contribution in [2.75, 3.05) is 11.9 Å². The number of nitrogens with one attached hydrogen (secondary N) is 1. The van der Waals surface area contributed by atoms with Gasteiger partial charge < -0.3 is 10.1 Å². The highest BCUT2D eigenvalue weighted by molar-refractivity contribution is 6.35. The van der Waals surface area contributed by atoms with E-state index in [9.17, 15) is 14.9 Å². The van der Waals surface area contributed by atoms with Gasteiger partial charge in [-0.2, -0.15) is 5.26 Å². The van der Waals surface area contributed by atoms with Gasteiger partial charge in [-0.3, -0.25) is 4.79 Å². The highest BCUT2D eigenvalue weighted by Crippen LogP contribution is 2.23. The van der Waals surface area contributed by atoms with Crippen LogP contribution in [0.1, 0.15) is 22.8 Å². The van der Waals surface area contributed by atoms with Crippen LogP contribution in [-0.4, -0.2) is 18.5 Å². The zero-order chi connectivity index (χ0) is 19.1. The summed E-state index contributed by atoms with van der Waals surface area (Å²) in [7, 11) is 0. The molecule has 2 aromatic rings. The van der Waals surface area contributed by atoms with Crippen molar-refractivity contribution < 1.29 is 14.3 Å². The Morgan fingerprint density at radius 3 is 2.46 bits per heavy atom. The Morgan fingerprint density at radius 1 is 1.19 bits per heavy atom. The Labute approximate surface area is 160 Å². The van der Waals surface area contributed by atoms with Crippen molar-refractivity contribution >= 4 is 46.8 Å². The third kappa shape index (κ3) is 5.09. The fraction of sp³-hybridized carbons (Fsp3) is 0.105. The molecule has 1 amide bonds. The predicted molar refractivity (Wildman–Crippen MR) is 101 cm³/mol. The summed E-state index contributed by atoms with van der Waals surface area (Å²) in [5.74, 6) is -1.04. The zero-order valence-electron chi connectivity index (χ0n) is 13.8. The molecule has 0 aliphatic carbocycles. The summed E-state index contributed by atoms with van der Waals surface area (Å²) in [6.07, 6.45) is 1.38. The lowest BCUT2D eigenvalue weighted by molar-refractivity contribution is -0.112. The van der Waals surface area contributed by atoms with E-state index < -0.39 is 11.9 Å². The SMILES string of the molecule is CCOC(=O)c1ccc(NC(=O)/C(C#N)=C/c2ccc(Cl)cc2Cl)cc1. The number of anilines is 1. The number of amides is 1. The highest BCUT2D eigenvalue weighted by Gasteiger charge is 2.12. The molecule has 132 valence electrons. The molecule has 0 fully saturated rings. The number of nitriles is 1. The maximum absolute atomic E-state index is 12.3. The van der Waals surface area contributed by atoms with E-state index >= 15 is 0 Å². The molecule has 26 heavy (non-hydrogen) atoms. The molecule has 0 atom stereocenters. The van der Waals surface area contributed by atoms with Crippen molar-refractivity contribution in [2.45, 2.75) is 6.92 Å². The van der Waals surface area contributed by atoms with Gasteiger partial charge in [0, 0.05) is 15.7 Å². The molecule has 0 saturated heterocycles. The van der Waals surface area contributed by atoms with Crippen LogP contribution in [0.5, 0.6) is 0 Å². The van der Waals surface area contributed by atoms with Gasteiger partial charge in [0.05, 0.1) is 12.2 Å². The summed E-state index contributed by atoms with van der Waals surface area (Å²) in [6.45, 7) is 2.00. The van der Waals surface area contributed by atoms with Gasteiger partial charge in [-0.25, -0.2) is 4.79 Å². The lowest BCUT2D eigenvalue weighted by Gasteiger charge is -2.06. The molecule has 2 rings (SSSR count). The maximum atomic E-state index is 12.3. The van der Waals surface area contributed by atoms with Crippen LogP contribution in [0.25, 0.3) is 6.08 Å². The molecule has 0 aromatic heterocycles. The van der Waals surface area contributed by atoms with Gasteiger partial charge >= 0.3 is 5.97 Å².